The summed E-state index contributed by atoms with van der Waals surface area (Å²) in [5.41, 5.74) is 5.17. The van der Waals surface area contributed by atoms with Crippen molar-refractivity contribution in [3.63, 3.8) is 0 Å². The molecule has 0 aliphatic carbocycles. The number of fused-ring (bicyclic) bond motifs is 1. The highest BCUT2D eigenvalue weighted by Crippen LogP contribution is 2.38. The SMILES string of the molecule is COc1cc(-c2[nH]nc(-c3ccc(C4CCN(C5COC5)CC4)c(F)n3)c2C(C)C)cn2ncnc12. The summed E-state index contributed by atoms with van der Waals surface area (Å²) in [6.45, 7) is 7.76. The van der Waals surface area contributed by atoms with E-state index in [0.29, 0.717) is 34.4 Å². The van der Waals surface area contributed by atoms with Crippen molar-refractivity contribution in [1.82, 2.24) is 34.7 Å². The highest BCUT2D eigenvalue weighted by atomic mass is 19.1. The van der Waals surface area contributed by atoms with Crippen molar-refractivity contribution in [2.75, 3.05) is 33.4 Å². The number of nitrogens with zero attached hydrogens (tertiary/aromatic N) is 6. The minimum Gasteiger partial charge on any atom is -0.493 e. The highest BCUT2D eigenvalue weighted by molar-refractivity contribution is 5.75. The molecule has 0 bridgehead atoms. The predicted molar refractivity (Wildman–Crippen MR) is 133 cm³/mol. The van der Waals surface area contributed by atoms with Gasteiger partial charge in [0.25, 0.3) is 0 Å². The van der Waals surface area contributed by atoms with Crippen LogP contribution in [0.15, 0.2) is 30.7 Å². The lowest BCUT2D eigenvalue weighted by Crippen LogP contribution is -2.51. The molecule has 2 fully saturated rings. The van der Waals surface area contributed by atoms with Crippen molar-refractivity contribution < 1.29 is 13.9 Å². The van der Waals surface area contributed by atoms with Gasteiger partial charge in [-0.3, -0.25) is 10.00 Å². The average molecular weight is 492 g/mol. The van der Waals surface area contributed by atoms with Crippen LogP contribution in [0.4, 0.5) is 4.39 Å². The van der Waals surface area contributed by atoms with E-state index >= 15 is 4.39 Å². The maximum absolute atomic E-state index is 15.3. The van der Waals surface area contributed by atoms with Gasteiger partial charge in [-0.15, -0.1) is 0 Å². The molecule has 9 nitrogen and oxygen atoms in total. The number of halogens is 1. The molecule has 36 heavy (non-hydrogen) atoms. The smallest absolute Gasteiger partial charge is 0.216 e. The number of piperidine rings is 1. The summed E-state index contributed by atoms with van der Waals surface area (Å²) in [4.78, 5) is 11.1. The predicted octanol–water partition coefficient (Wildman–Crippen LogP) is 4.03. The van der Waals surface area contributed by atoms with Gasteiger partial charge in [0.05, 0.1) is 37.8 Å². The van der Waals surface area contributed by atoms with Crippen molar-refractivity contribution in [2.24, 2.45) is 0 Å². The van der Waals surface area contributed by atoms with Gasteiger partial charge in [0.15, 0.2) is 11.4 Å². The second-order valence-corrected chi connectivity index (χ2v) is 9.92. The molecule has 6 rings (SSSR count). The Bertz CT molecular complexity index is 1390. The van der Waals surface area contributed by atoms with Gasteiger partial charge in [-0.1, -0.05) is 19.9 Å². The first-order chi connectivity index (χ1) is 17.5. The number of aromatic amines is 1. The van der Waals surface area contributed by atoms with Crippen LogP contribution in [0.5, 0.6) is 5.75 Å². The van der Waals surface area contributed by atoms with E-state index in [1.54, 1.807) is 11.6 Å². The normalized spacial score (nSPS) is 17.7. The number of hydrogen-bond acceptors (Lipinski definition) is 7. The maximum Gasteiger partial charge on any atom is 0.216 e. The van der Waals surface area contributed by atoms with Crippen molar-refractivity contribution in [2.45, 2.75) is 44.6 Å². The first-order valence-electron chi connectivity index (χ1n) is 12.5. The van der Waals surface area contributed by atoms with Crippen LogP contribution in [0, 0.1) is 5.95 Å². The Labute approximate surface area is 208 Å². The van der Waals surface area contributed by atoms with Crippen molar-refractivity contribution >= 4 is 5.65 Å². The lowest BCUT2D eigenvalue weighted by molar-refractivity contribution is -0.0713. The van der Waals surface area contributed by atoms with E-state index < -0.39 is 5.95 Å². The third-order valence-corrected chi connectivity index (χ3v) is 7.46. The number of likely N-dealkylation sites (tertiary alicyclic amines) is 1. The van der Waals surface area contributed by atoms with Crippen LogP contribution in [0.1, 0.15) is 49.7 Å². The Balaban J connectivity index is 1.30. The Morgan fingerprint density at radius 2 is 2.00 bits per heavy atom. The number of hydrogen-bond donors (Lipinski definition) is 1. The molecule has 10 heteroatoms. The molecular weight excluding hydrogens is 461 g/mol. The molecule has 1 N–H and O–H groups in total. The first-order valence-corrected chi connectivity index (χ1v) is 12.5. The van der Waals surface area contributed by atoms with Crippen LogP contribution in [0.3, 0.4) is 0 Å². The molecule has 188 valence electrons. The van der Waals surface area contributed by atoms with Gasteiger partial charge in [0, 0.05) is 22.9 Å². The van der Waals surface area contributed by atoms with Gasteiger partial charge in [-0.25, -0.2) is 14.5 Å². The molecule has 6 heterocycles. The van der Waals surface area contributed by atoms with Gasteiger partial charge in [-0.2, -0.15) is 14.6 Å². The van der Waals surface area contributed by atoms with Crippen molar-refractivity contribution in [1.29, 1.82) is 0 Å². The second-order valence-electron chi connectivity index (χ2n) is 9.92. The third kappa shape index (κ3) is 3.94. The summed E-state index contributed by atoms with van der Waals surface area (Å²) in [5, 5.41) is 12.0. The van der Waals surface area contributed by atoms with Crippen LogP contribution in [-0.2, 0) is 4.74 Å². The summed E-state index contributed by atoms with van der Waals surface area (Å²) in [7, 11) is 1.61. The van der Waals surface area contributed by atoms with Gasteiger partial charge >= 0.3 is 0 Å². The molecule has 0 saturated carbocycles. The number of rotatable bonds is 6. The molecule has 2 aliphatic heterocycles. The van der Waals surface area contributed by atoms with E-state index in [1.807, 2.05) is 24.4 Å². The number of nitrogens with one attached hydrogen (secondary N) is 1. The van der Waals surface area contributed by atoms with E-state index in [4.69, 9.17) is 9.47 Å². The molecule has 0 atom stereocenters. The summed E-state index contributed by atoms with van der Waals surface area (Å²) < 4.78 is 27.9. The molecule has 4 aromatic rings. The Kier molecular flexibility index (Phi) is 5.93. The largest absolute Gasteiger partial charge is 0.493 e. The topological polar surface area (TPSA) is 93.5 Å². The van der Waals surface area contributed by atoms with E-state index in [1.165, 1.54) is 6.33 Å². The van der Waals surface area contributed by atoms with Crippen molar-refractivity contribution in [3.8, 4) is 28.4 Å². The standard InChI is InChI=1S/C26H30FN7O2/c1-15(2)22-23(17-10-21(35-3)26-28-14-29-34(26)11-17)31-32-24(22)20-5-4-19(25(27)30-20)16-6-8-33(9-7-16)18-12-36-13-18/h4-5,10-11,14-16,18H,6-9,12-13H2,1-3H3,(H,31,32). The molecule has 4 aromatic heterocycles. The first kappa shape index (κ1) is 23.1. The molecule has 2 aliphatic rings. The molecular formula is C26H30FN7O2. The molecule has 0 radical (unpaired) electrons. The van der Waals surface area contributed by atoms with Crippen LogP contribution in [-0.4, -0.2) is 74.1 Å². The minimum absolute atomic E-state index is 0.121. The van der Waals surface area contributed by atoms with Gasteiger partial charge in [-0.05, 0) is 49.9 Å². The number of methoxy groups -OCH3 is 1. The molecule has 2 saturated heterocycles. The number of pyridine rings is 2. The van der Waals surface area contributed by atoms with Crippen LogP contribution >= 0.6 is 0 Å². The summed E-state index contributed by atoms with van der Waals surface area (Å²) in [6.07, 6.45) is 5.24. The zero-order chi connectivity index (χ0) is 24.8. The van der Waals surface area contributed by atoms with E-state index in [9.17, 15) is 0 Å². The molecule has 0 spiro atoms. The quantitative estimate of drug-likeness (QED) is 0.407. The molecule has 0 aromatic carbocycles. The van der Waals surface area contributed by atoms with Crippen LogP contribution in [0.2, 0.25) is 0 Å². The summed E-state index contributed by atoms with van der Waals surface area (Å²) >= 11 is 0. The van der Waals surface area contributed by atoms with Crippen molar-refractivity contribution in [3.05, 3.63) is 47.8 Å². The average Bonchev–Trinajstić information content (AvgIpc) is 3.50. The van der Waals surface area contributed by atoms with E-state index in [0.717, 1.165) is 56.0 Å². The maximum atomic E-state index is 15.3. The monoisotopic (exact) mass is 491 g/mol. The third-order valence-electron chi connectivity index (χ3n) is 7.46. The molecule has 0 amide bonds. The number of H-pyrrole nitrogens is 1. The Morgan fingerprint density at radius 3 is 2.67 bits per heavy atom. The second kappa shape index (κ2) is 9.25. The fourth-order valence-electron chi connectivity index (χ4n) is 5.40. The van der Waals surface area contributed by atoms with Gasteiger partial charge in [0.2, 0.25) is 5.95 Å². The fourth-order valence-corrected chi connectivity index (χ4v) is 5.40. The number of ether oxygens (including phenoxy) is 2. The Hall–Kier alpha value is -3.37. The molecule has 0 unspecified atom stereocenters. The zero-order valence-electron chi connectivity index (χ0n) is 20.7. The Morgan fingerprint density at radius 1 is 1.19 bits per heavy atom. The summed E-state index contributed by atoms with van der Waals surface area (Å²) in [5.74, 6) is 0.517. The van der Waals surface area contributed by atoms with E-state index in [2.05, 4.69) is 44.0 Å². The van der Waals surface area contributed by atoms with Crippen LogP contribution in [0.25, 0.3) is 28.3 Å². The van der Waals surface area contributed by atoms with Gasteiger partial charge in [0.1, 0.15) is 12.0 Å². The highest BCUT2D eigenvalue weighted by Gasteiger charge is 2.31. The van der Waals surface area contributed by atoms with Gasteiger partial charge < -0.3 is 9.47 Å². The number of aromatic nitrogens is 6. The van der Waals surface area contributed by atoms with E-state index in [-0.39, 0.29) is 11.8 Å². The lowest BCUT2D eigenvalue weighted by Gasteiger charge is -2.41. The fraction of sp³-hybridized carbons (Fsp3) is 0.462. The lowest BCUT2D eigenvalue weighted by atomic mass is 9.89. The van der Waals surface area contributed by atoms with Crippen LogP contribution < -0.4 is 4.74 Å². The summed E-state index contributed by atoms with van der Waals surface area (Å²) in [6, 6.07) is 6.24. The zero-order valence-corrected chi connectivity index (χ0v) is 20.7. The minimum atomic E-state index is -0.400.